The Morgan fingerprint density at radius 3 is 2.96 bits per heavy atom. The molecule has 2 aliphatic heterocycles. The topological polar surface area (TPSA) is 59.4 Å². The lowest BCUT2D eigenvalue weighted by Crippen LogP contribution is -2.39. The lowest BCUT2D eigenvalue weighted by Gasteiger charge is -2.30. The van der Waals surface area contributed by atoms with Gasteiger partial charge in [-0.2, -0.15) is 16.4 Å². The van der Waals surface area contributed by atoms with E-state index in [-0.39, 0.29) is 5.91 Å². The van der Waals surface area contributed by atoms with Crippen LogP contribution in [-0.2, 0) is 17.8 Å². The Morgan fingerprint density at radius 2 is 2.15 bits per heavy atom. The number of hydrogen-bond acceptors (Lipinski definition) is 5. The monoisotopic (exact) mass is 374 g/mol. The third-order valence-corrected chi connectivity index (χ3v) is 6.01. The molecule has 2 aromatic rings. The van der Waals surface area contributed by atoms with Crippen LogP contribution in [0.3, 0.4) is 0 Å². The third kappa shape index (κ3) is 4.34. The van der Waals surface area contributed by atoms with E-state index in [2.05, 4.69) is 26.1 Å². The fourth-order valence-corrected chi connectivity index (χ4v) is 4.55. The van der Waals surface area contributed by atoms with Gasteiger partial charge in [0.15, 0.2) is 0 Å². The van der Waals surface area contributed by atoms with Crippen molar-refractivity contribution in [1.29, 1.82) is 0 Å². The number of hydrogen-bond donors (Lipinski definition) is 1. The van der Waals surface area contributed by atoms with E-state index in [1.807, 2.05) is 23.0 Å². The summed E-state index contributed by atoms with van der Waals surface area (Å²) in [5.41, 5.74) is 2.02. The smallest absolute Gasteiger partial charge is 0.252 e. The Kier molecular flexibility index (Phi) is 5.67. The van der Waals surface area contributed by atoms with Crippen LogP contribution in [0.25, 0.3) is 0 Å². The first-order chi connectivity index (χ1) is 12.8. The van der Waals surface area contributed by atoms with Crippen LogP contribution in [0.1, 0.15) is 28.9 Å². The van der Waals surface area contributed by atoms with Crippen LogP contribution in [0.5, 0.6) is 0 Å². The molecule has 2 aliphatic rings. The van der Waals surface area contributed by atoms with Gasteiger partial charge in [0.1, 0.15) is 0 Å². The van der Waals surface area contributed by atoms with Crippen molar-refractivity contribution in [3.63, 3.8) is 0 Å². The largest absolute Gasteiger partial charge is 0.381 e. The van der Waals surface area contributed by atoms with Crippen molar-refractivity contribution in [2.45, 2.75) is 25.9 Å². The molecule has 1 saturated heterocycles. The molecule has 6 nitrogen and oxygen atoms in total. The molecular weight excluding hydrogens is 348 g/mol. The van der Waals surface area contributed by atoms with Crippen LogP contribution in [-0.4, -0.2) is 53.4 Å². The molecule has 26 heavy (non-hydrogen) atoms. The average molecular weight is 375 g/mol. The van der Waals surface area contributed by atoms with Crippen LogP contribution in [0.15, 0.2) is 29.1 Å². The van der Waals surface area contributed by atoms with E-state index in [0.717, 1.165) is 57.8 Å². The van der Waals surface area contributed by atoms with Crippen molar-refractivity contribution in [3.05, 3.63) is 40.3 Å². The van der Waals surface area contributed by atoms with Crippen LogP contribution in [0, 0.1) is 11.8 Å². The zero-order valence-electron chi connectivity index (χ0n) is 15.0. The number of amides is 1. The second kappa shape index (κ2) is 8.33. The minimum Gasteiger partial charge on any atom is -0.381 e. The molecule has 1 atom stereocenters. The summed E-state index contributed by atoms with van der Waals surface area (Å²) in [6, 6.07) is 3.99. The molecule has 0 saturated carbocycles. The Bertz CT molecular complexity index is 709. The highest BCUT2D eigenvalue weighted by molar-refractivity contribution is 7.08. The highest BCUT2D eigenvalue weighted by atomic mass is 32.1. The summed E-state index contributed by atoms with van der Waals surface area (Å²) in [4.78, 5) is 14.8. The van der Waals surface area contributed by atoms with E-state index in [1.54, 1.807) is 11.3 Å². The van der Waals surface area contributed by atoms with E-state index in [0.29, 0.717) is 18.4 Å². The van der Waals surface area contributed by atoms with Crippen molar-refractivity contribution in [2.24, 2.45) is 11.8 Å². The van der Waals surface area contributed by atoms with E-state index < -0.39 is 0 Å². The predicted octanol–water partition coefficient (Wildman–Crippen LogP) is 2.23. The van der Waals surface area contributed by atoms with Crippen LogP contribution < -0.4 is 5.32 Å². The fourth-order valence-electron chi connectivity index (χ4n) is 3.91. The second-order valence-electron chi connectivity index (χ2n) is 7.34. The van der Waals surface area contributed by atoms with Crippen molar-refractivity contribution < 1.29 is 9.53 Å². The van der Waals surface area contributed by atoms with Crippen molar-refractivity contribution in [3.8, 4) is 0 Å². The van der Waals surface area contributed by atoms with Gasteiger partial charge in [0.2, 0.25) is 0 Å². The molecule has 0 aliphatic carbocycles. The van der Waals surface area contributed by atoms with Gasteiger partial charge < -0.3 is 10.1 Å². The molecule has 1 fully saturated rings. The fraction of sp³-hybridized carbons (Fsp3) is 0.579. The van der Waals surface area contributed by atoms with Gasteiger partial charge in [-0.3, -0.25) is 14.4 Å². The van der Waals surface area contributed by atoms with E-state index in [9.17, 15) is 4.79 Å². The summed E-state index contributed by atoms with van der Waals surface area (Å²) in [6.45, 7) is 6.34. The number of rotatable bonds is 5. The molecule has 0 spiro atoms. The number of aromatic nitrogens is 2. The minimum absolute atomic E-state index is 0.0205. The Labute approximate surface area is 158 Å². The zero-order valence-corrected chi connectivity index (χ0v) is 15.8. The number of nitrogens with one attached hydrogen (secondary N) is 1. The van der Waals surface area contributed by atoms with E-state index in [4.69, 9.17) is 4.74 Å². The van der Waals surface area contributed by atoms with Gasteiger partial charge in [0.25, 0.3) is 5.91 Å². The lowest BCUT2D eigenvalue weighted by molar-refractivity contribution is 0.0494. The Hall–Kier alpha value is -1.70. The number of nitrogens with zero attached hydrogens (tertiary/aromatic N) is 3. The SMILES string of the molecule is O=C(NCC1CN(CC2CCOCC2)Cc2ccnn2C1)c1ccsc1. The summed E-state index contributed by atoms with van der Waals surface area (Å²) in [7, 11) is 0. The Morgan fingerprint density at radius 1 is 1.27 bits per heavy atom. The van der Waals surface area contributed by atoms with E-state index in [1.165, 1.54) is 5.69 Å². The van der Waals surface area contributed by atoms with Gasteiger partial charge in [-0.1, -0.05) is 0 Å². The summed E-state index contributed by atoms with van der Waals surface area (Å²) >= 11 is 1.55. The molecule has 2 aromatic heterocycles. The molecule has 1 unspecified atom stereocenters. The first-order valence-electron chi connectivity index (χ1n) is 9.39. The second-order valence-corrected chi connectivity index (χ2v) is 8.12. The maximum atomic E-state index is 12.3. The van der Waals surface area contributed by atoms with Crippen LogP contribution in [0.2, 0.25) is 0 Å². The highest BCUT2D eigenvalue weighted by Gasteiger charge is 2.25. The maximum absolute atomic E-state index is 12.3. The molecule has 0 bridgehead atoms. The normalized spacial score (nSPS) is 21.9. The van der Waals surface area contributed by atoms with Gasteiger partial charge in [-0.25, -0.2) is 0 Å². The van der Waals surface area contributed by atoms with Gasteiger partial charge in [-0.05, 0) is 36.3 Å². The van der Waals surface area contributed by atoms with Gasteiger partial charge in [-0.15, -0.1) is 0 Å². The molecule has 1 N–H and O–H groups in total. The third-order valence-electron chi connectivity index (χ3n) is 5.33. The number of ether oxygens (including phenoxy) is 1. The summed E-state index contributed by atoms with van der Waals surface area (Å²) < 4.78 is 7.60. The predicted molar refractivity (Wildman–Crippen MR) is 101 cm³/mol. The van der Waals surface area contributed by atoms with Crippen molar-refractivity contribution in [1.82, 2.24) is 20.0 Å². The minimum atomic E-state index is 0.0205. The standard InChI is InChI=1S/C19H26N4O2S/c24-19(17-4-8-26-14-17)20-9-16-11-22(10-15-2-6-25-7-3-15)13-18-1-5-21-23(18)12-16/h1,4-5,8,14-16H,2-3,6-7,9-13H2,(H,20,24). The summed E-state index contributed by atoms with van der Waals surface area (Å²) in [6.07, 6.45) is 4.18. The van der Waals surface area contributed by atoms with Crippen LogP contribution in [0.4, 0.5) is 0 Å². The van der Waals surface area contributed by atoms with Crippen molar-refractivity contribution in [2.75, 3.05) is 32.8 Å². The molecular formula is C19H26N4O2S. The van der Waals surface area contributed by atoms with Crippen molar-refractivity contribution >= 4 is 17.2 Å². The first kappa shape index (κ1) is 17.7. The van der Waals surface area contributed by atoms with Crippen LogP contribution >= 0.6 is 11.3 Å². The first-order valence-corrected chi connectivity index (χ1v) is 10.3. The zero-order chi connectivity index (χ0) is 17.8. The van der Waals surface area contributed by atoms with E-state index >= 15 is 0 Å². The molecule has 0 aromatic carbocycles. The molecule has 0 radical (unpaired) electrons. The summed E-state index contributed by atoms with van der Waals surface area (Å²) in [5, 5.41) is 11.4. The molecule has 4 heterocycles. The maximum Gasteiger partial charge on any atom is 0.252 e. The lowest BCUT2D eigenvalue weighted by atomic mass is 9.99. The van der Waals surface area contributed by atoms with Gasteiger partial charge in [0.05, 0.1) is 5.69 Å². The van der Waals surface area contributed by atoms with Gasteiger partial charge >= 0.3 is 0 Å². The number of fused-ring (bicyclic) bond motifs is 1. The number of carbonyl (C=O) groups excluding carboxylic acids is 1. The molecule has 140 valence electrons. The molecule has 7 heteroatoms. The number of carbonyl (C=O) groups is 1. The summed E-state index contributed by atoms with van der Waals surface area (Å²) in [5.74, 6) is 1.09. The van der Waals surface area contributed by atoms with Gasteiger partial charge in [0, 0.05) is 69.0 Å². The Balaban J connectivity index is 1.39. The molecule has 1 amide bonds. The number of thiophene rings is 1. The average Bonchev–Trinajstić information content (AvgIpc) is 3.30. The highest BCUT2D eigenvalue weighted by Crippen LogP contribution is 2.21. The molecule has 4 rings (SSSR count). The quantitative estimate of drug-likeness (QED) is 0.872.